The molecule has 0 saturated carbocycles. The van der Waals surface area contributed by atoms with Gasteiger partial charge in [0.2, 0.25) is 21.8 Å². The molecule has 0 aliphatic heterocycles. The minimum Gasteiger partial charge on any atom is -0.354 e. The van der Waals surface area contributed by atoms with Crippen molar-refractivity contribution >= 4 is 27.5 Å². The fourth-order valence-electron chi connectivity index (χ4n) is 4.01. The predicted octanol–water partition coefficient (Wildman–Crippen LogP) is 4.14. The summed E-state index contributed by atoms with van der Waals surface area (Å²) in [5, 5.41) is 2.90. The topological polar surface area (TPSA) is 86.8 Å². The van der Waals surface area contributed by atoms with Crippen LogP contribution in [0.1, 0.15) is 25.0 Å². The second-order valence-corrected chi connectivity index (χ2v) is 11.6. The third-order valence-electron chi connectivity index (χ3n) is 6.02. The maximum atomic E-state index is 14.0. The maximum absolute atomic E-state index is 14.0. The van der Waals surface area contributed by atoms with Gasteiger partial charge in [0, 0.05) is 25.6 Å². The third kappa shape index (κ3) is 8.61. The summed E-state index contributed by atoms with van der Waals surface area (Å²) in [7, 11) is -4.08. The molecule has 0 heterocycles. The second kappa shape index (κ2) is 13.3. The molecule has 3 aromatic rings. The highest BCUT2D eigenvalue weighted by Gasteiger charge is 2.33. The number of benzene rings is 3. The van der Waals surface area contributed by atoms with E-state index in [2.05, 4.69) is 5.32 Å². The van der Waals surface area contributed by atoms with Gasteiger partial charge in [-0.2, -0.15) is 0 Å². The Balaban J connectivity index is 2.03. The molecule has 1 atom stereocenters. The Bertz CT molecular complexity index is 1370. The highest BCUT2D eigenvalue weighted by atomic mass is 32.2. The first kappa shape index (κ1) is 29.8. The number of amides is 2. The van der Waals surface area contributed by atoms with E-state index in [4.69, 9.17) is 0 Å². The number of halogens is 2. The molecular weight excluding hydrogens is 524 g/mol. The molecule has 39 heavy (non-hydrogen) atoms. The van der Waals surface area contributed by atoms with Gasteiger partial charge in [-0.3, -0.25) is 13.9 Å². The smallest absolute Gasteiger partial charge is 0.244 e. The lowest BCUT2D eigenvalue weighted by Gasteiger charge is -2.33. The molecule has 1 unspecified atom stereocenters. The first-order chi connectivity index (χ1) is 18.5. The fourth-order valence-corrected chi connectivity index (χ4v) is 4.85. The van der Waals surface area contributed by atoms with Crippen LogP contribution in [0.3, 0.4) is 0 Å². The molecule has 0 saturated heterocycles. The minimum absolute atomic E-state index is 0.0294. The Morgan fingerprint density at radius 3 is 2.00 bits per heavy atom. The molecule has 0 bridgehead atoms. The van der Waals surface area contributed by atoms with Crippen LogP contribution in [0.5, 0.6) is 0 Å². The van der Waals surface area contributed by atoms with Crippen molar-refractivity contribution in [2.45, 2.75) is 32.9 Å². The number of rotatable bonds is 12. The number of carbonyl (C=O) groups excluding carboxylic acids is 2. The third-order valence-corrected chi connectivity index (χ3v) is 7.16. The van der Waals surface area contributed by atoms with Gasteiger partial charge in [-0.05, 0) is 29.2 Å². The maximum Gasteiger partial charge on any atom is 0.244 e. The lowest BCUT2D eigenvalue weighted by Crippen LogP contribution is -2.53. The molecule has 0 aromatic heterocycles. The van der Waals surface area contributed by atoms with E-state index in [-0.39, 0.29) is 30.5 Å². The zero-order valence-corrected chi connectivity index (χ0v) is 23.0. The van der Waals surface area contributed by atoms with Gasteiger partial charge in [0.25, 0.3) is 0 Å². The normalized spacial score (nSPS) is 12.2. The zero-order chi connectivity index (χ0) is 28.6. The van der Waals surface area contributed by atoms with E-state index >= 15 is 0 Å². The monoisotopic (exact) mass is 557 g/mol. The minimum atomic E-state index is -4.08. The lowest BCUT2D eigenvalue weighted by atomic mass is 10.0. The van der Waals surface area contributed by atoms with Crippen LogP contribution in [0.15, 0.2) is 78.9 Å². The summed E-state index contributed by atoms with van der Waals surface area (Å²) in [5.41, 5.74) is 1.35. The Morgan fingerprint density at radius 2 is 1.46 bits per heavy atom. The number of hydrogen-bond acceptors (Lipinski definition) is 4. The highest BCUT2D eigenvalue weighted by Crippen LogP contribution is 2.22. The molecule has 10 heteroatoms. The van der Waals surface area contributed by atoms with E-state index in [1.807, 2.05) is 50.2 Å². The Kier molecular flexibility index (Phi) is 10.2. The van der Waals surface area contributed by atoms with Crippen LogP contribution in [-0.2, 0) is 32.6 Å². The molecule has 0 aliphatic carbocycles. The van der Waals surface area contributed by atoms with Crippen LogP contribution in [-0.4, -0.2) is 50.5 Å². The van der Waals surface area contributed by atoms with Crippen molar-refractivity contribution in [3.8, 4) is 0 Å². The standard InChI is InChI=1S/C29H33F2N3O4S/c1-21(2)18-32-29(36)27(16-22-10-6-4-7-11-22)33(19-23-12-8-5-9-13-23)28(35)20-34(39(3,37)38)24-14-15-25(30)26(31)17-24/h4-15,17,21,27H,16,18-20H2,1-3H3,(H,32,36). The van der Waals surface area contributed by atoms with Gasteiger partial charge < -0.3 is 10.2 Å². The van der Waals surface area contributed by atoms with Gasteiger partial charge in [0.1, 0.15) is 12.6 Å². The number of hydrogen-bond donors (Lipinski definition) is 1. The van der Waals surface area contributed by atoms with Crippen molar-refractivity contribution in [3.63, 3.8) is 0 Å². The molecule has 3 aromatic carbocycles. The van der Waals surface area contributed by atoms with Crippen LogP contribution in [0, 0.1) is 17.6 Å². The summed E-state index contributed by atoms with van der Waals surface area (Å²) in [6, 6.07) is 19.9. The van der Waals surface area contributed by atoms with Gasteiger partial charge in [0.05, 0.1) is 11.9 Å². The number of sulfonamides is 1. The van der Waals surface area contributed by atoms with E-state index in [9.17, 15) is 26.8 Å². The van der Waals surface area contributed by atoms with Crippen LogP contribution < -0.4 is 9.62 Å². The first-order valence-corrected chi connectivity index (χ1v) is 14.4. The molecule has 208 valence electrons. The second-order valence-electron chi connectivity index (χ2n) is 9.72. The fraction of sp³-hybridized carbons (Fsp3) is 0.310. The molecule has 0 radical (unpaired) electrons. The summed E-state index contributed by atoms with van der Waals surface area (Å²) in [6.07, 6.45) is 1.06. The first-order valence-electron chi connectivity index (χ1n) is 12.5. The van der Waals surface area contributed by atoms with Gasteiger partial charge in [-0.1, -0.05) is 74.5 Å². The molecular formula is C29H33F2N3O4S. The molecule has 1 N–H and O–H groups in total. The largest absolute Gasteiger partial charge is 0.354 e. The van der Waals surface area contributed by atoms with Crippen molar-refractivity contribution < 1.29 is 26.8 Å². The summed E-state index contributed by atoms with van der Waals surface area (Å²) < 4.78 is 53.6. The molecule has 0 fully saturated rings. The summed E-state index contributed by atoms with van der Waals surface area (Å²) in [5.74, 6) is -3.28. The Morgan fingerprint density at radius 1 is 0.872 bits per heavy atom. The van der Waals surface area contributed by atoms with Crippen molar-refractivity contribution in [2.24, 2.45) is 5.92 Å². The van der Waals surface area contributed by atoms with Gasteiger partial charge in [-0.25, -0.2) is 17.2 Å². The Hall–Kier alpha value is -3.79. The predicted molar refractivity (Wildman–Crippen MR) is 147 cm³/mol. The summed E-state index contributed by atoms with van der Waals surface area (Å²) in [6.45, 7) is 3.61. The number of carbonyl (C=O) groups is 2. The van der Waals surface area contributed by atoms with E-state index < -0.39 is 40.2 Å². The van der Waals surface area contributed by atoms with Crippen molar-refractivity contribution in [3.05, 3.63) is 102 Å². The molecule has 0 aliphatic rings. The molecule has 3 rings (SSSR count). The van der Waals surface area contributed by atoms with E-state index in [0.717, 1.165) is 35.6 Å². The molecule has 0 spiro atoms. The molecule has 2 amide bonds. The van der Waals surface area contributed by atoms with E-state index in [0.29, 0.717) is 10.8 Å². The van der Waals surface area contributed by atoms with Crippen molar-refractivity contribution in [2.75, 3.05) is 23.7 Å². The highest BCUT2D eigenvalue weighted by molar-refractivity contribution is 7.92. The van der Waals surface area contributed by atoms with Crippen LogP contribution in [0.25, 0.3) is 0 Å². The Labute approximate surface area is 228 Å². The average Bonchev–Trinajstić information content (AvgIpc) is 2.90. The SMILES string of the molecule is CC(C)CNC(=O)C(Cc1ccccc1)N(Cc1ccccc1)C(=O)CN(c1ccc(F)c(F)c1)S(C)(=O)=O. The van der Waals surface area contributed by atoms with Crippen LogP contribution >= 0.6 is 0 Å². The summed E-state index contributed by atoms with van der Waals surface area (Å²) in [4.78, 5) is 28.7. The molecule has 7 nitrogen and oxygen atoms in total. The number of anilines is 1. The summed E-state index contributed by atoms with van der Waals surface area (Å²) >= 11 is 0. The van der Waals surface area contributed by atoms with Crippen molar-refractivity contribution in [1.82, 2.24) is 10.2 Å². The quantitative estimate of drug-likeness (QED) is 0.363. The van der Waals surface area contributed by atoms with Gasteiger partial charge in [-0.15, -0.1) is 0 Å². The van der Waals surface area contributed by atoms with Crippen LogP contribution in [0.4, 0.5) is 14.5 Å². The van der Waals surface area contributed by atoms with Gasteiger partial charge >= 0.3 is 0 Å². The lowest BCUT2D eigenvalue weighted by molar-refractivity contribution is -0.140. The van der Waals surface area contributed by atoms with Crippen molar-refractivity contribution in [1.29, 1.82) is 0 Å². The number of nitrogens with zero attached hydrogens (tertiary/aromatic N) is 2. The number of nitrogens with one attached hydrogen (secondary N) is 1. The van der Waals surface area contributed by atoms with Crippen LogP contribution in [0.2, 0.25) is 0 Å². The average molecular weight is 558 g/mol. The van der Waals surface area contributed by atoms with E-state index in [1.54, 1.807) is 24.3 Å². The zero-order valence-electron chi connectivity index (χ0n) is 22.2. The van der Waals surface area contributed by atoms with Gasteiger partial charge in [0.15, 0.2) is 11.6 Å². The van der Waals surface area contributed by atoms with E-state index in [1.165, 1.54) is 4.90 Å².